The van der Waals surface area contributed by atoms with E-state index in [1.165, 1.54) is 0 Å². The standard InChI is InChI=1S/C23H38N4O4/c1-7-30-20-14-16(8-13-19(20)29-6)15-25-21(24-5)26-17-9-11-18(12-10-17)27-22(28)31-23(2,3)4/h8,13-14,17-18H,7,9-12,15H2,1-6H3,(H,27,28)(H2,24,25,26). The van der Waals surface area contributed by atoms with Crippen molar-refractivity contribution in [3.8, 4) is 11.5 Å². The molecule has 3 N–H and O–H groups in total. The van der Waals surface area contributed by atoms with Gasteiger partial charge in [0.15, 0.2) is 17.5 Å². The average Bonchev–Trinajstić information content (AvgIpc) is 2.71. The van der Waals surface area contributed by atoms with E-state index in [2.05, 4.69) is 20.9 Å². The predicted molar refractivity (Wildman–Crippen MR) is 123 cm³/mol. The van der Waals surface area contributed by atoms with Crippen LogP contribution < -0.4 is 25.4 Å². The van der Waals surface area contributed by atoms with Gasteiger partial charge in [0.2, 0.25) is 0 Å². The van der Waals surface area contributed by atoms with Crippen LogP contribution in [0, 0.1) is 0 Å². The van der Waals surface area contributed by atoms with Gasteiger partial charge in [0.05, 0.1) is 13.7 Å². The maximum Gasteiger partial charge on any atom is 0.407 e. The molecule has 0 spiro atoms. The molecule has 8 nitrogen and oxygen atoms in total. The van der Waals surface area contributed by atoms with Crippen LogP contribution >= 0.6 is 0 Å². The zero-order valence-electron chi connectivity index (χ0n) is 19.7. The highest BCUT2D eigenvalue weighted by atomic mass is 16.6. The lowest BCUT2D eigenvalue weighted by molar-refractivity contribution is 0.0490. The van der Waals surface area contributed by atoms with Crippen LogP contribution in [0.4, 0.5) is 4.79 Å². The van der Waals surface area contributed by atoms with E-state index in [9.17, 15) is 4.79 Å². The second kappa shape index (κ2) is 11.7. The number of hydrogen-bond donors (Lipinski definition) is 3. The largest absolute Gasteiger partial charge is 0.493 e. The van der Waals surface area contributed by atoms with Gasteiger partial charge in [0, 0.05) is 25.7 Å². The maximum atomic E-state index is 12.0. The number of methoxy groups -OCH3 is 1. The first kappa shape index (κ1) is 24.6. The molecular formula is C23H38N4O4. The van der Waals surface area contributed by atoms with Crippen molar-refractivity contribution in [3.63, 3.8) is 0 Å². The molecule has 0 unspecified atom stereocenters. The summed E-state index contributed by atoms with van der Waals surface area (Å²) in [5.74, 6) is 2.23. The molecule has 1 amide bonds. The minimum absolute atomic E-state index is 0.152. The zero-order valence-corrected chi connectivity index (χ0v) is 19.7. The van der Waals surface area contributed by atoms with Crippen LogP contribution in [-0.2, 0) is 11.3 Å². The Morgan fingerprint density at radius 2 is 1.74 bits per heavy atom. The highest BCUT2D eigenvalue weighted by Crippen LogP contribution is 2.28. The van der Waals surface area contributed by atoms with E-state index in [0.29, 0.717) is 19.2 Å². The summed E-state index contributed by atoms with van der Waals surface area (Å²) in [4.78, 5) is 16.3. The van der Waals surface area contributed by atoms with Crippen LogP contribution in [0.5, 0.6) is 11.5 Å². The summed E-state index contributed by atoms with van der Waals surface area (Å²) in [6.07, 6.45) is 3.39. The van der Waals surface area contributed by atoms with Gasteiger partial charge >= 0.3 is 6.09 Å². The Morgan fingerprint density at radius 1 is 1.10 bits per heavy atom. The number of hydrogen-bond acceptors (Lipinski definition) is 5. The van der Waals surface area contributed by atoms with Crippen molar-refractivity contribution in [2.45, 2.75) is 77.6 Å². The van der Waals surface area contributed by atoms with Crippen molar-refractivity contribution in [2.75, 3.05) is 20.8 Å². The predicted octanol–water partition coefficient (Wildman–Crippen LogP) is 3.59. The quantitative estimate of drug-likeness (QED) is 0.449. The van der Waals surface area contributed by atoms with E-state index in [-0.39, 0.29) is 12.1 Å². The number of ether oxygens (including phenoxy) is 3. The van der Waals surface area contributed by atoms with E-state index in [4.69, 9.17) is 14.2 Å². The van der Waals surface area contributed by atoms with E-state index >= 15 is 0 Å². The van der Waals surface area contributed by atoms with Crippen molar-refractivity contribution in [1.82, 2.24) is 16.0 Å². The Kier molecular flexibility index (Phi) is 9.27. The lowest BCUT2D eigenvalue weighted by atomic mass is 9.91. The van der Waals surface area contributed by atoms with Crippen molar-refractivity contribution in [3.05, 3.63) is 23.8 Å². The number of alkyl carbamates (subject to hydrolysis) is 1. The Balaban J connectivity index is 1.79. The summed E-state index contributed by atoms with van der Waals surface area (Å²) in [7, 11) is 3.41. The Hall–Kier alpha value is -2.64. The topological polar surface area (TPSA) is 93.2 Å². The van der Waals surface area contributed by atoms with E-state index < -0.39 is 5.60 Å². The first-order valence-electron chi connectivity index (χ1n) is 11.0. The molecule has 0 aliphatic heterocycles. The monoisotopic (exact) mass is 434 g/mol. The molecule has 0 atom stereocenters. The third-order valence-electron chi connectivity index (χ3n) is 5.00. The molecule has 0 aromatic heterocycles. The highest BCUT2D eigenvalue weighted by Gasteiger charge is 2.25. The van der Waals surface area contributed by atoms with Crippen LogP contribution in [-0.4, -0.2) is 50.5 Å². The van der Waals surface area contributed by atoms with Crippen LogP contribution in [0.3, 0.4) is 0 Å². The molecule has 174 valence electrons. The summed E-state index contributed by atoms with van der Waals surface area (Å²) in [5, 5.41) is 9.83. The average molecular weight is 435 g/mol. The van der Waals surface area contributed by atoms with Crippen LogP contribution in [0.15, 0.2) is 23.2 Å². The highest BCUT2D eigenvalue weighted by molar-refractivity contribution is 5.80. The summed E-state index contributed by atoms with van der Waals surface area (Å²) >= 11 is 0. The second-order valence-corrected chi connectivity index (χ2v) is 8.68. The summed E-state index contributed by atoms with van der Waals surface area (Å²) in [5.41, 5.74) is 0.603. The van der Waals surface area contributed by atoms with Gasteiger partial charge in [-0.25, -0.2) is 4.79 Å². The molecule has 1 fully saturated rings. The molecule has 1 aliphatic rings. The van der Waals surface area contributed by atoms with Crippen molar-refractivity contribution in [2.24, 2.45) is 4.99 Å². The Morgan fingerprint density at radius 3 is 2.29 bits per heavy atom. The lowest BCUT2D eigenvalue weighted by Gasteiger charge is -2.31. The molecule has 1 aliphatic carbocycles. The molecule has 2 rings (SSSR count). The molecule has 0 bridgehead atoms. The van der Waals surface area contributed by atoms with Gasteiger partial charge in [-0.15, -0.1) is 0 Å². The first-order valence-corrected chi connectivity index (χ1v) is 11.0. The smallest absolute Gasteiger partial charge is 0.407 e. The Labute approximate surface area is 186 Å². The second-order valence-electron chi connectivity index (χ2n) is 8.68. The minimum atomic E-state index is -0.478. The number of carbonyl (C=O) groups excluding carboxylic acids is 1. The first-order chi connectivity index (χ1) is 14.7. The maximum absolute atomic E-state index is 12.0. The fourth-order valence-electron chi connectivity index (χ4n) is 3.53. The van der Waals surface area contributed by atoms with Gasteiger partial charge < -0.3 is 30.2 Å². The van der Waals surface area contributed by atoms with E-state index in [0.717, 1.165) is 48.7 Å². The van der Waals surface area contributed by atoms with E-state index in [1.807, 2.05) is 45.9 Å². The zero-order chi connectivity index (χ0) is 22.9. The van der Waals surface area contributed by atoms with Crippen LogP contribution in [0.2, 0.25) is 0 Å². The Bertz CT molecular complexity index is 738. The minimum Gasteiger partial charge on any atom is -0.493 e. The summed E-state index contributed by atoms with van der Waals surface area (Å²) < 4.78 is 16.3. The number of aliphatic imine (C=N–C) groups is 1. The molecule has 0 radical (unpaired) electrons. The van der Waals surface area contributed by atoms with E-state index in [1.54, 1.807) is 14.2 Å². The molecule has 0 heterocycles. The molecule has 31 heavy (non-hydrogen) atoms. The number of rotatable bonds is 7. The lowest BCUT2D eigenvalue weighted by Crippen LogP contribution is -2.47. The van der Waals surface area contributed by atoms with Gasteiger partial charge in [0.1, 0.15) is 5.60 Å². The molecular weight excluding hydrogens is 396 g/mol. The number of guanidine groups is 1. The SMILES string of the molecule is CCOc1cc(CNC(=NC)NC2CCC(NC(=O)OC(C)(C)C)CC2)ccc1OC. The van der Waals surface area contributed by atoms with Gasteiger partial charge in [0.25, 0.3) is 0 Å². The summed E-state index contributed by atoms with van der Waals surface area (Å²) in [6, 6.07) is 6.37. The van der Waals surface area contributed by atoms with Crippen molar-refractivity contribution < 1.29 is 19.0 Å². The fourth-order valence-corrected chi connectivity index (χ4v) is 3.53. The normalized spacial score (nSPS) is 19.4. The molecule has 1 saturated carbocycles. The van der Waals surface area contributed by atoms with Crippen molar-refractivity contribution in [1.29, 1.82) is 0 Å². The molecule has 1 aromatic rings. The number of nitrogens with one attached hydrogen (secondary N) is 3. The summed E-state index contributed by atoms with van der Waals surface area (Å²) in [6.45, 7) is 8.77. The number of amides is 1. The van der Waals surface area contributed by atoms with Gasteiger partial charge in [-0.05, 0) is 71.1 Å². The fraction of sp³-hybridized carbons (Fsp3) is 0.652. The van der Waals surface area contributed by atoms with Crippen LogP contribution in [0.25, 0.3) is 0 Å². The van der Waals surface area contributed by atoms with Gasteiger partial charge in [-0.2, -0.15) is 0 Å². The van der Waals surface area contributed by atoms with Gasteiger partial charge in [-0.1, -0.05) is 6.07 Å². The van der Waals surface area contributed by atoms with Crippen LogP contribution in [0.1, 0.15) is 58.9 Å². The number of benzene rings is 1. The molecule has 8 heteroatoms. The third kappa shape index (κ3) is 8.55. The number of carbonyl (C=O) groups is 1. The molecule has 1 aromatic carbocycles. The third-order valence-corrected chi connectivity index (χ3v) is 5.00. The molecule has 0 saturated heterocycles. The van der Waals surface area contributed by atoms with Gasteiger partial charge in [-0.3, -0.25) is 4.99 Å². The number of nitrogens with zero attached hydrogens (tertiary/aromatic N) is 1. The van der Waals surface area contributed by atoms with Crippen molar-refractivity contribution >= 4 is 12.1 Å².